The second-order valence-corrected chi connectivity index (χ2v) is 12.2. The Kier molecular flexibility index (Phi) is 11.7. The van der Waals surface area contributed by atoms with Gasteiger partial charge in [0.15, 0.2) is 0 Å². The van der Waals surface area contributed by atoms with E-state index in [9.17, 15) is 27.0 Å². The molecule has 32 heavy (non-hydrogen) atoms. The van der Waals surface area contributed by atoms with Crippen LogP contribution < -0.4 is 0 Å². The molecule has 0 bridgehead atoms. The standard InChI is InChI=1S/C18H22O8S2.Cl2OS/c1-13-3-7-15(8-4-13)27(21,22)25-11-17(19)18(20)12-26-28(23,24)16-9-5-14(2)6-10-16;1-4(2)3/h3-10,17-20H,11-12H2,1-2H3;/t17-,18-;/m1./s1. The average molecular weight is 549 g/mol. The van der Waals surface area contributed by atoms with Gasteiger partial charge in [-0.15, -0.1) is 0 Å². The van der Waals surface area contributed by atoms with Crippen LogP contribution in [0.5, 0.6) is 0 Å². The molecule has 0 saturated heterocycles. The van der Waals surface area contributed by atoms with Crippen LogP contribution >= 0.6 is 21.4 Å². The molecule has 2 rings (SSSR count). The van der Waals surface area contributed by atoms with Gasteiger partial charge in [0.2, 0.25) is 9.23 Å². The SMILES string of the molecule is Cc1ccc(S(=O)(=O)OC[C@@H](O)[C@H](O)COS(=O)(=O)c2ccc(C)cc2)cc1.O=S(Cl)Cl. The third-order valence-corrected chi connectivity index (χ3v) is 6.44. The van der Waals surface area contributed by atoms with Crippen LogP contribution in [0.15, 0.2) is 58.3 Å². The number of hydrogen-bond acceptors (Lipinski definition) is 9. The lowest BCUT2D eigenvalue weighted by atomic mass is 10.2. The maximum Gasteiger partial charge on any atom is 0.297 e. The third-order valence-electron chi connectivity index (χ3n) is 3.85. The Balaban J connectivity index is 0.00000118. The van der Waals surface area contributed by atoms with Crippen LogP contribution in [0.3, 0.4) is 0 Å². The van der Waals surface area contributed by atoms with Crippen molar-refractivity contribution in [2.45, 2.75) is 35.8 Å². The summed E-state index contributed by atoms with van der Waals surface area (Å²) >= 11 is 0. The summed E-state index contributed by atoms with van der Waals surface area (Å²) < 4.78 is 66.8. The van der Waals surface area contributed by atoms with E-state index in [2.05, 4.69) is 21.4 Å². The molecule has 14 heteroatoms. The second-order valence-electron chi connectivity index (χ2n) is 6.42. The zero-order valence-electron chi connectivity index (χ0n) is 16.9. The highest BCUT2D eigenvalue weighted by molar-refractivity contribution is 8.26. The van der Waals surface area contributed by atoms with Crippen LogP contribution in [0.25, 0.3) is 0 Å². The van der Waals surface area contributed by atoms with Gasteiger partial charge < -0.3 is 10.2 Å². The fourth-order valence-corrected chi connectivity index (χ4v) is 3.93. The largest absolute Gasteiger partial charge is 0.388 e. The van der Waals surface area contributed by atoms with Crippen LogP contribution in [0, 0.1) is 13.8 Å². The Bertz CT molecular complexity index is 1000. The van der Waals surface area contributed by atoms with Crippen LogP contribution in [-0.2, 0) is 37.8 Å². The fourth-order valence-electron chi connectivity index (χ4n) is 2.09. The lowest BCUT2D eigenvalue weighted by Crippen LogP contribution is -2.35. The van der Waals surface area contributed by atoms with Gasteiger partial charge in [0.1, 0.15) is 12.2 Å². The van der Waals surface area contributed by atoms with Gasteiger partial charge in [-0.3, -0.25) is 8.37 Å². The summed E-state index contributed by atoms with van der Waals surface area (Å²) in [6, 6.07) is 11.8. The van der Waals surface area contributed by atoms with Crippen molar-refractivity contribution in [1.29, 1.82) is 0 Å². The number of halogens is 2. The first-order chi connectivity index (χ1) is 14.7. The quantitative estimate of drug-likeness (QED) is 0.355. The van der Waals surface area contributed by atoms with Crippen molar-refractivity contribution >= 4 is 50.8 Å². The van der Waals surface area contributed by atoms with E-state index in [0.29, 0.717) is 0 Å². The van der Waals surface area contributed by atoms with Gasteiger partial charge in [0, 0.05) is 21.4 Å². The summed E-state index contributed by atoms with van der Waals surface area (Å²) in [6.07, 6.45) is -3.35. The monoisotopic (exact) mass is 548 g/mol. The van der Waals surface area contributed by atoms with E-state index in [4.69, 9.17) is 12.6 Å². The van der Waals surface area contributed by atoms with Crippen molar-refractivity contribution in [3.05, 3.63) is 59.7 Å². The molecule has 0 aromatic heterocycles. The van der Waals surface area contributed by atoms with Crippen molar-refractivity contribution in [1.82, 2.24) is 0 Å². The van der Waals surface area contributed by atoms with E-state index >= 15 is 0 Å². The molecular formula is C18H22Cl2O9S3. The molecule has 0 unspecified atom stereocenters. The fraction of sp³-hybridized carbons (Fsp3) is 0.333. The lowest BCUT2D eigenvalue weighted by Gasteiger charge is -2.17. The van der Waals surface area contributed by atoms with Crippen molar-refractivity contribution in [3.8, 4) is 0 Å². The molecule has 0 aliphatic heterocycles. The Morgan fingerprint density at radius 2 is 1.00 bits per heavy atom. The van der Waals surface area contributed by atoms with Gasteiger partial charge in [-0.1, -0.05) is 35.4 Å². The first-order valence-corrected chi connectivity index (χ1v) is 14.4. The van der Waals surface area contributed by atoms with Crippen LogP contribution in [-0.4, -0.2) is 56.7 Å². The molecule has 0 radical (unpaired) electrons. The van der Waals surface area contributed by atoms with E-state index in [1.54, 1.807) is 38.1 Å². The van der Waals surface area contributed by atoms with Gasteiger partial charge in [-0.05, 0) is 38.1 Å². The minimum Gasteiger partial charge on any atom is -0.388 e. The molecule has 2 atom stereocenters. The molecule has 180 valence electrons. The first-order valence-electron chi connectivity index (χ1n) is 8.77. The highest BCUT2D eigenvalue weighted by Crippen LogP contribution is 2.16. The molecule has 0 amide bonds. The predicted molar refractivity (Wildman–Crippen MR) is 120 cm³/mol. The Hall–Kier alpha value is -1.09. The highest BCUT2D eigenvalue weighted by Gasteiger charge is 2.25. The smallest absolute Gasteiger partial charge is 0.297 e. The van der Waals surface area contributed by atoms with Crippen molar-refractivity contribution in [2.75, 3.05) is 13.2 Å². The Morgan fingerprint density at radius 1 is 0.750 bits per heavy atom. The zero-order valence-corrected chi connectivity index (χ0v) is 20.9. The molecule has 0 saturated carbocycles. The van der Waals surface area contributed by atoms with Crippen LogP contribution in [0.2, 0.25) is 0 Å². The molecule has 9 nitrogen and oxygen atoms in total. The summed E-state index contributed by atoms with van der Waals surface area (Å²) in [5, 5.41) is 19.7. The van der Waals surface area contributed by atoms with E-state index in [-0.39, 0.29) is 9.79 Å². The molecule has 0 spiro atoms. The van der Waals surface area contributed by atoms with Gasteiger partial charge in [0.25, 0.3) is 20.2 Å². The molecule has 0 heterocycles. The molecule has 0 aliphatic carbocycles. The highest BCUT2D eigenvalue weighted by atomic mass is 36.0. The Morgan fingerprint density at radius 3 is 1.25 bits per heavy atom. The number of aliphatic hydroxyl groups excluding tert-OH is 2. The average Bonchev–Trinajstić information content (AvgIpc) is 2.70. The van der Waals surface area contributed by atoms with Gasteiger partial charge in [-0.25, -0.2) is 4.21 Å². The number of aryl methyl sites for hydroxylation is 2. The number of aliphatic hydroxyl groups is 2. The normalized spacial score (nSPS) is 13.8. The maximum absolute atomic E-state index is 12.1. The summed E-state index contributed by atoms with van der Waals surface area (Å²) in [6.45, 7) is 2.07. The summed E-state index contributed by atoms with van der Waals surface area (Å²) in [7, 11) is -0.894. The minimum absolute atomic E-state index is 0.0991. The van der Waals surface area contributed by atoms with Crippen molar-refractivity contribution < 1.29 is 39.6 Å². The summed E-state index contributed by atoms with van der Waals surface area (Å²) in [5.41, 5.74) is 1.72. The maximum atomic E-state index is 12.1. The topological polar surface area (TPSA) is 144 Å². The zero-order chi connectivity index (χ0) is 24.5. The van der Waals surface area contributed by atoms with Gasteiger partial charge >= 0.3 is 0 Å². The van der Waals surface area contributed by atoms with Crippen LogP contribution in [0.4, 0.5) is 0 Å². The molecule has 2 N–H and O–H groups in total. The molecule has 0 fully saturated rings. The summed E-state index contributed by atoms with van der Waals surface area (Å²) in [4.78, 5) is -0.198. The third kappa shape index (κ3) is 10.2. The van der Waals surface area contributed by atoms with Gasteiger partial charge in [-0.2, -0.15) is 16.8 Å². The van der Waals surface area contributed by atoms with E-state index in [1.807, 2.05) is 0 Å². The van der Waals surface area contributed by atoms with E-state index < -0.39 is 54.9 Å². The van der Waals surface area contributed by atoms with E-state index in [0.717, 1.165) is 11.1 Å². The Labute approximate surface area is 198 Å². The minimum atomic E-state index is -4.13. The molecule has 0 aliphatic rings. The van der Waals surface area contributed by atoms with Crippen molar-refractivity contribution in [2.24, 2.45) is 0 Å². The number of benzene rings is 2. The predicted octanol–water partition coefficient (Wildman–Crippen LogP) is 2.18. The van der Waals surface area contributed by atoms with Crippen LogP contribution in [0.1, 0.15) is 11.1 Å². The molecule has 2 aromatic rings. The molecule has 2 aromatic carbocycles. The van der Waals surface area contributed by atoms with Gasteiger partial charge in [0.05, 0.1) is 23.0 Å². The van der Waals surface area contributed by atoms with Crippen molar-refractivity contribution in [3.63, 3.8) is 0 Å². The number of hydrogen-bond donors (Lipinski definition) is 2. The van der Waals surface area contributed by atoms with E-state index in [1.165, 1.54) is 24.3 Å². The molecular weight excluding hydrogens is 527 g/mol. The first kappa shape index (κ1) is 28.9. The second kappa shape index (κ2) is 13.0. The summed E-state index contributed by atoms with van der Waals surface area (Å²) in [5.74, 6) is 0. The number of rotatable bonds is 9. The lowest BCUT2D eigenvalue weighted by molar-refractivity contribution is -0.0267.